The number of aromatic nitrogens is 3. The number of methoxy groups -OCH3 is 1. The van der Waals surface area contributed by atoms with Gasteiger partial charge in [-0.1, -0.05) is 17.8 Å². The average Bonchev–Trinajstić information content (AvgIpc) is 2.98. The molecule has 128 valence electrons. The Kier molecular flexibility index (Phi) is 6.43. The molecule has 1 aromatic heterocycles. The number of hydrogen-bond donors (Lipinski definition) is 1. The normalized spacial score (nSPS) is 11.8. The van der Waals surface area contributed by atoms with Gasteiger partial charge in [-0.15, -0.1) is 16.8 Å². The van der Waals surface area contributed by atoms with E-state index in [9.17, 15) is 4.79 Å². The molecule has 1 N–H and O–H groups in total. The fraction of sp³-hybridized carbons (Fsp3) is 0.353. The van der Waals surface area contributed by atoms with Crippen molar-refractivity contribution in [3.05, 3.63) is 36.9 Å². The van der Waals surface area contributed by atoms with E-state index in [1.807, 2.05) is 42.7 Å². The Morgan fingerprint density at radius 1 is 1.42 bits per heavy atom. The molecule has 2 rings (SSSR count). The lowest BCUT2D eigenvalue weighted by Gasteiger charge is -2.12. The molecule has 2 aromatic rings. The van der Waals surface area contributed by atoms with Crippen LogP contribution in [-0.4, -0.2) is 39.6 Å². The number of nitrogens with zero attached hydrogens (tertiary/aromatic N) is 3. The van der Waals surface area contributed by atoms with Crippen molar-refractivity contribution in [2.75, 3.05) is 13.7 Å². The molecule has 0 aliphatic carbocycles. The Bertz CT molecular complexity index is 697. The number of nitrogens with one attached hydrogen (secondary N) is 1. The second-order valence-electron chi connectivity index (χ2n) is 5.09. The smallest absolute Gasteiger partial charge is 0.233 e. The molecule has 0 radical (unpaired) electrons. The predicted molar refractivity (Wildman–Crippen MR) is 96.2 cm³/mol. The van der Waals surface area contributed by atoms with Crippen molar-refractivity contribution < 1.29 is 9.53 Å². The second kappa shape index (κ2) is 8.54. The molecule has 0 bridgehead atoms. The van der Waals surface area contributed by atoms with E-state index in [2.05, 4.69) is 22.1 Å². The van der Waals surface area contributed by atoms with Gasteiger partial charge in [-0.25, -0.2) is 0 Å². The molecule has 1 aromatic carbocycles. The summed E-state index contributed by atoms with van der Waals surface area (Å²) in [7, 11) is 1.63. The second-order valence-corrected chi connectivity index (χ2v) is 6.40. The van der Waals surface area contributed by atoms with E-state index in [0.717, 1.165) is 17.1 Å². The SMILES string of the molecule is C=CCn1c(S[C@@H](C)C(=O)NCC)nnc1-c1ccc(OC)cc1. The van der Waals surface area contributed by atoms with E-state index >= 15 is 0 Å². The summed E-state index contributed by atoms with van der Waals surface area (Å²) in [5, 5.41) is 11.8. The van der Waals surface area contributed by atoms with Crippen molar-refractivity contribution in [2.45, 2.75) is 30.8 Å². The van der Waals surface area contributed by atoms with Crippen LogP contribution in [0.4, 0.5) is 0 Å². The molecule has 0 aliphatic heterocycles. The zero-order chi connectivity index (χ0) is 17.5. The molecule has 1 heterocycles. The first-order valence-corrected chi connectivity index (χ1v) is 8.61. The maximum Gasteiger partial charge on any atom is 0.233 e. The lowest BCUT2D eigenvalue weighted by Crippen LogP contribution is -2.30. The summed E-state index contributed by atoms with van der Waals surface area (Å²) in [4.78, 5) is 11.9. The van der Waals surface area contributed by atoms with E-state index in [4.69, 9.17) is 4.74 Å². The maximum absolute atomic E-state index is 11.9. The van der Waals surface area contributed by atoms with Crippen LogP contribution >= 0.6 is 11.8 Å². The molecule has 24 heavy (non-hydrogen) atoms. The van der Waals surface area contributed by atoms with Gasteiger partial charge >= 0.3 is 0 Å². The Morgan fingerprint density at radius 2 is 2.12 bits per heavy atom. The Balaban J connectivity index is 2.28. The van der Waals surface area contributed by atoms with Crippen LogP contribution in [0.15, 0.2) is 42.1 Å². The minimum absolute atomic E-state index is 0.0124. The van der Waals surface area contributed by atoms with Gasteiger partial charge in [-0.2, -0.15) is 0 Å². The van der Waals surface area contributed by atoms with Crippen molar-refractivity contribution in [2.24, 2.45) is 0 Å². The summed E-state index contributed by atoms with van der Waals surface area (Å²) in [5.74, 6) is 1.51. The Morgan fingerprint density at radius 3 is 2.71 bits per heavy atom. The van der Waals surface area contributed by atoms with Gasteiger partial charge in [0.15, 0.2) is 11.0 Å². The van der Waals surface area contributed by atoms with Gasteiger partial charge in [0.1, 0.15) is 5.75 Å². The molecule has 7 heteroatoms. The Labute approximate surface area is 146 Å². The number of ether oxygens (including phenoxy) is 1. The minimum Gasteiger partial charge on any atom is -0.497 e. The molecule has 6 nitrogen and oxygen atoms in total. The van der Waals surface area contributed by atoms with Gasteiger partial charge in [0.2, 0.25) is 5.91 Å². The molecular formula is C17H22N4O2S. The first-order chi connectivity index (χ1) is 11.6. The van der Waals surface area contributed by atoms with E-state index in [1.165, 1.54) is 11.8 Å². The zero-order valence-electron chi connectivity index (χ0n) is 14.2. The molecule has 0 unspecified atom stereocenters. The van der Waals surface area contributed by atoms with Crippen molar-refractivity contribution in [1.29, 1.82) is 0 Å². The number of carbonyl (C=O) groups is 1. The molecule has 0 spiro atoms. The molecule has 0 saturated carbocycles. The summed E-state index contributed by atoms with van der Waals surface area (Å²) in [6.45, 7) is 8.73. The highest BCUT2D eigenvalue weighted by Crippen LogP contribution is 2.27. The van der Waals surface area contributed by atoms with E-state index in [0.29, 0.717) is 18.2 Å². The maximum atomic E-state index is 11.9. The molecule has 0 saturated heterocycles. The van der Waals surface area contributed by atoms with Gasteiger partial charge in [0.25, 0.3) is 0 Å². The lowest BCUT2D eigenvalue weighted by atomic mass is 10.2. The molecule has 1 atom stereocenters. The summed E-state index contributed by atoms with van der Waals surface area (Å²) in [6.07, 6.45) is 1.79. The fourth-order valence-electron chi connectivity index (χ4n) is 2.15. The number of hydrogen-bond acceptors (Lipinski definition) is 5. The van der Waals surface area contributed by atoms with Crippen LogP contribution in [0, 0.1) is 0 Å². The number of thioether (sulfide) groups is 1. The standard InChI is InChI=1S/C17H22N4O2S/c1-5-11-21-15(13-7-9-14(23-4)10-8-13)19-20-17(21)24-12(3)16(22)18-6-2/h5,7-10,12H,1,6,11H2,2-4H3,(H,18,22)/t12-/m0/s1. The third-order valence-electron chi connectivity index (χ3n) is 3.38. The number of allylic oxidation sites excluding steroid dienone is 1. The van der Waals surface area contributed by atoms with Crippen molar-refractivity contribution in [1.82, 2.24) is 20.1 Å². The number of amides is 1. The van der Waals surface area contributed by atoms with Crippen molar-refractivity contribution in [3.63, 3.8) is 0 Å². The third kappa shape index (κ3) is 4.17. The van der Waals surface area contributed by atoms with Gasteiger partial charge in [0, 0.05) is 18.7 Å². The summed E-state index contributed by atoms with van der Waals surface area (Å²) >= 11 is 1.39. The highest BCUT2D eigenvalue weighted by atomic mass is 32.2. The van der Waals surface area contributed by atoms with Gasteiger partial charge in [-0.3, -0.25) is 9.36 Å². The highest BCUT2D eigenvalue weighted by Gasteiger charge is 2.20. The Hall–Kier alpha value is -2.28. The number of rotatable bonds is 8. The molecule has 1 amide bonds. The van der Waals surface area contributed by atoms with Crippen molar-refractivity contribution in [3.8, 4) is 17.1 Å². The quantitative estimate of drug-likeness (QED) is 0.588. The van der Waals surface area contributed by atoms with Crippen LogP contribution in [0.2, 0.25) is 0 Å². The van der Waals surface area contributed by atoms with Crippen LogP contribution in [0.5, 0.6) is 5.75 Å². The number of carbonyl (C=O) groups excluding carboxylic acids is 1. The van der Waals surface area contributed by atoms with Crippen LogP contribution < -0.4 is 10.1 Å². The van der Waals surface area contributed by atoms with E-state index in [1.54, 1.807) is 13.2 Å². The lowest BCUT2D eigenvalue weighted by molar-refractivity contribution is -0.120. The third-order valence-corrected chi connectivity index (χ3v) is 4.46. The monoisotopic (exact) mass is 346 g/mol. The fourth-order valence-corrected chi connectivity index (χ4v) is 3.04. The first-order valence-electron chi connectivity index (χ1n) is 7.73. The van der Waals surface area contributed by atoms with E-state index < -0.39 is 0 Å². The number of benzene rings is 1. The zero-order valence-corrected chi connectivity index (χ0v) is 15.0. The summed E-state index contributed by atoms with van der Waals surface area (Å²) in [5.41, 5.74) is 0.933. The van der Waals surface area contributed by atoms with Gasteiger partial charge < -0.3 is 10.1 Å². The highest BCUT2D eigenvalue weighted by molar-refractivity contribution is 8.00. The van der Waals surface area contributed by atoms with Crippen LogP contribution in [-0.2, 0) is 11.3 Å². The summed E-state index contributed by atoms with van der Waals surface area (Å²) < 4.78 is 7.14. The summed E-state index contributed by atoms with van der Waals surface area (Å²) in [6, 6.07) is 7.63. The van der Waals surface area contributed by atoms with Crippen LogP contribution in [0.3, 0.4) is 0 Å². The molecule has 0 fully saturated rings. The van der Waals surface area contributed by atoms with Crippen molar-refractivity contribution >= 4 is 17.7 Å². The average molecular weight is 346 g/mol. The molecular weight excluding hydrogens is 324 g/mol. The predicted octanol–water partition coefficient (Wildman–Crippen LogP) is 2.76. The minimum atomic E-state index is -0.249. The molecule has 0 aliphatic rings. The van der Waals surface area contributed by atoms with E-state index in [-0.39, 0.29) is 11.2 Å². The van der Waals surface area contributed by atoms with Gasteiger partial charge in [0.05, 0.1) is 12.4 Å². The van der Waals surface area contributed by atoms with Gasteiger partial charge in [-0.05, 0) is 38.1 Å². The van der Waals surface area contributed by atoms with Crippen LogP contribution in [0.1, 0.15) is 13.8 Å². The topological polar surface area (TPSA) is 69.0 Å². The first kappa shape index (κ1) is 18.1. The largest absolute Gasteiger partial charge is 0.497 e. The van der Waals surface area contributed by atoms with Crippen LogP contribution in [0.25, 0.3) is 11.4 Å².